The molecule has 0 amide bonds. The minimum atomic E-state index is -1.26. The summed E-state index contributed by atoms with van der Waals surface area (Å²) < 4.78 is 6.01. The highest BCUT2D eigenvalue weighted by atomic mass is 32.1. The van der Waals surface area contributed by atoms with E-state index in [2.05, 4.69) is 38.7 Å². The van der Waals surface area contributed by atoms with Gasteiger partial charge in [0.25, 0.3) is 0 Å². The van der Waals surface area contributed by atoms with Gasteiger partial charge in [0.1, 0.15) is 17.2 Å². The van der Waals surface area contributed by atoms with Crippen LogP contribution >= 0.6 is 11.3 Å². The summed E-state index contributed by atoms with van der Waals surface area (Å²) in [5.74, 6) is -1.26. The zero-order valence-electron chi connectivity index (χ0n) is 20.8. The number of thiophene rings is 1. The van der Waals surface area contributed by atoms with E-state index in [4.69, 9.17) is 14.8 Å². The van der Waals surface area contributed by atoms with Crippen molar-refractivity contribution in [2.45, 2.75) is 51.4 Å². The average Bonchev–Trinajstić information content (AvgIpc) is 3.26. The highest BCUT2D eigenvalue weighted by Crippen LogP contribution is 2.51. The summed E-state index contributed by atoms with van der Waals surface area (Å²) in [6.07, 6.45) is 6.98. The smallest absolute Gasteiger partial charge is 0.346 e. The van der Waals surface area contributed by atoms with Crippen LogP contribution in [0.3, 0.4) is 0 Å². The molecule has 1 N–H and O–H groups in total. The molecule has 2 aliphatic heterocycles. The third-order valence-electron chi connectivity index (χ3n) is 7.47. The van der Waals surface area contributed by atoms with Crippen LogP contribution in [0.2, 0.25) is 0 Å². The van der Waals surface area contributed by atoms with E-state index >= 15 is 0 Å². The number of carboxylic acid groups (broad SMARTS) is 1. The molecule has 0 fully saturated rings. The lowest BCUT2D eigenvalue weighted by molar-refractivity contribution is -0.132. The van der Waals surface area contributed by atoms with Crippen LogP contribution < -0.4 is 10.5 Å². The summed E-state index contributed by atoms with van der Waals surface area (Å²) in [5, 5.41) is 19.0. The molecule has 0 aliphatic carbocycles. The van der Waals surface area contributed by atoms with Crippen LogP contribution in [0, 0.1) is 11.3 Å². The third-order valence-corrected chi connectivity index (χ3v) is 8.47. The second-order valence-corrected chi connectivity index (χ2v) is 12.0. The van der Waals surface area contributed by atoms with Gasteiger partial charge in [-0.15, -0.1) is 11.3 Å². The lowest BCUT2D eigenvalue weighted by Crippen LogP contribution is -2.44. The number of hydrogen-bond acceptors (Lipinski definition) is 6. The molecule has 4 heterocycles. The molecule has 0 bridgehead atoms. The van der Waals surface area contributed by atoms with Crippen molar-refractivity contribution in [2.75, 3.05) is 18.0 Å². The quantitative estimate of drug-likeness (QED) is 0.261. The minimum absolute atomic E-state index is 0.0352. The number of hydrogen-bond donors (Lipinski definition) is 1. The van der Waals surface area contributed by atoms with E-state index in [1.807, 2.05) is 18.2 Å². The van der Waals surface area contributed by atoms with Gasteiger partial charge < -0.3 is 14.4 Å². The molecule has 0 saturated heterocycles. The zero-order chi connectivity index (χ0) is 25.8. The standard InChI is InChI=1S/C29H28N2O4S/c1-28(2)9-11-31-12-10-29(3,4)23-24(31)22(28)15-18-13-17(27(34)35-25(18)23)5-6-20-7-8-21(36-20)14-19(16-30)26(32)33/h5-8,13-15H,9-12H2,1-4H3,(H,32,33)/b6-5+,19-14-. The van der Waals surface area contributed by atoms with Crippen LogP contribution in [0.25, 0.3) is 29.2 Å². The predicted octanol–water partition coefficient (Wildman–Crippen LogP) is 6.19. The van der Waals surface area contributed by atoms with E-state index in [1.54, 1.807) is 18.2 Å². The van der Waals surface area contributed by atoms with Crippen LogP contribution in [0.4, 0.5) is 5.69 Å². The number of benzene rings is 1. The predicted molar refractivity (Wildman–Crippen MR) is 144 cm³/mol. The monoisotopic (exact) mass is 500 g/mol. The van der Waals surface area contributed by atoms with Gasteiger partial charge in [0.2, 0.25) is 0 Å². The number of rotatable bonds is 4. The molecule has 1 aromatic carbocycles. The summed E-state index contributed by atoms with van der Waals surface area (Å²) in [6, 6.07) is 9.38. The first-order valence-electron chi connectivity index (χ1n) is 12.0. The average molecular weight is 501 g/mol. The van der Waals surface area contributed by atoms with Crippen LogP contribution in [0.15, 0.2) is 39.1 Å². The van der Waals surface area contributed by atoms with Gasteiger partial charge in [0, 0.05) is 39.5 Å². The topological polar surface area (TPSA) is 94.5 Å². The molecular formula is C29H28N2O4S. The summed E-state index contributed by atoms with van der Waals surface area (Å²) in [4.78, 5) is 28.1. The van der Waals surface area contributed by atoms with Gasteiger partial charge in [0.05, 0.1) is 5.56 Å². The fourth-order valence-electron chi connectivity index (χ4n) is 5.28. The van der Waals surface area contributed by atoms with Gasteiger partial charge in [0.15, 0.2) is 0 Å². The molecule has 36 heavy (non-hydrogen) atoms. The van der Waals surface area contributed by atoms with Gasteiger partial charge in [-0.1, -0.05) is 27.7 Å². The number of fused-ring (bicyclic) bond motifs is 2. The third kappa shape index (κ3) is 4.06. The van der Waals surface area contributed by atoms with Gasteiger partial charge in [-0.3, -0.25) is 0 Å². The van der Waals surface area contributed by atoms with Crippen molar-refractivity contribution in [3.8, 4) is 6.07 Å². The Hall–Kier alpha value is -3.63. The Kier molecular flexibility index (Phi) is 5.68. The van der Waals surface area contributed by atoms with Crippen LogP contribution in [0.1, 0.15) is 67.0 Å². The Morgan fingerprint density at radius 2 is 1.81 bits per heavy atom. The van der Waals surface area contributed by atoms with Crippen molar-refractivity contribution < 1.29 is 14.3 Å². The number of aliphatic carboxylic acids is 1. The maximum absolute atomic E-state index is 13.1. The Morgan fingerprint density at radius 3 is 2.50 bits per heavy atom. The number of nitriles is 1. The number of nitrogens with zero attached hydrogens (tertiary/aromatic N) is 2. The number of carboxylic acids is 1. The summed E-state index contributed by atoms with van der Waals surface area (Å²) >= 11 is 1.34. The molecule has 0 radical (unpaired) electrons. The van der Waals surface area contributed by atoms with E-state index in [1.165, 1.54) is 28.7 Å². The van der Waals surface area contributed by atoms with Crippen molar-refractivity contribution in [1.82, 2.24) is 0 Å². The van der Waals surface area contributed by atoms with E-state index in [9.17, 15) is 9.59 Å². The number of carbonyl (C=O) groups is 1. The Labute approximate surface area is 213 Å². The lowest BCUT2D eigenvalue weighted by Gasteiger charge is -2.48. The Bertz CT molecular complexity index is 1560. The molecular weight excluding hydrogens is 472 g/mol. The maximum atomic E-state index is 13.1. The van der Waals surface area contributed by atoms with Crippen molar-refractivity contribution in [1.29, 1.82) is 5.26 Å². The molecule has 0 saturated carbocycles. The first kappa shape index (κ1) is 24.1. The van der Waals surface area contributed by atoms with E-state index in [-0.39, 0.29) is 22.0 Å². The fourth-order valence-corrected chi connectivity index (χ4v) is 6.13. The normalized spacial score (nSPS) is 18.3. The van der Waals surface area contributed by atoms with Crippen LogP contribution in [-0.4, -0.2) is 24.2 Å². The maximum Gasteiger partial charge on any atom is 0.346 e. The molecule has 0 atom stereocenters. The largest absolute Gasteiger partial charge is 0.477 e. The second-order valence-electron chi connectivity index (χ2n) is 10.9. The van der Waals surface area contributed by atoms with Crippen molar-refractivity contribution >= 4 is 52.2 Å². The number of anilines is 1. The Morgan fingerprint density at radius 1 is 1.11 bits per heavy atom. The van der Waals surface area contributed by atoms with Gasteiger partial charge in [-0.2, -0.15) is 5.26 Å². The van der Waals surface area contributed by atoms with Crippen LogP contribution in [0.5, 0.6) is 0 Å². The molecule has 184 valence electrons. The first-order chi connectivity index (χ1) is 17.0. The molecule has 7 heteroatoms. The molecule has 2 aromatic heterocycles. The van der Waals surface area contributed by atoms with Gasteiger partial charge in [-0.25, -0.2) is 9.59 Å². The molecule has 0 spiro atoms. The molecule has 0 unspecified atom stereocenters. The molecule has 2 aliphatic rings. The van der Waals surface area contributed by atoms with Gasteiger partial charge >= 0.3 is 11.6 Å². The highest BCUT2D eigenvalue weighted by Gasteiger charge is 2.41. The minimum Gasteiger partial charge on any atom is -0.477 e. The summed E-state index contributed by atoms with van der Waals surface area (Å²) in [7, 11) is 0. The van der Waals surface area contributed by atoms with Crippen molar-refractivity contribution in [2.24, 2.45) is 0 Å². The molecule has 3 aromatic rings. The van der Waals surface area contributed by atoms with Gasteiger partial charge in [-0.05, 0) is 71.7 Å². The van der Waals surface area contributed by atoms with E-state index in [0.717, 1.165) is 41.8 Å². The Balaban J connectivity index is 1.59. The fraction of sp³-hybridized carbons (Fsp3) is 0.345. The lowest BCUT2D eigenvalue weighted by atomic mass is 9.69. The van der Waals surface area contributed by atoms with Crippen molar-refractivity contribution in [3.05, 3.63) is 66.7 Å². The van der Waals surface area contributed by atoms with E-state index < -0.39 is 5.97 Å². The first-order valence-corrected chi connectivity index (χ1v) is 12.9. The molecule has 5 rings (SSSR count). The second kappa shape index (κ2) is 8.49. The van der Waals surface area contributed by atoms with Crippen LogP contribution in [-0.2, 0) is 15.6 Å². The molecule has 6 nitrogen and oxygen atoms in total. The summed E-state index contributed by atoms with van der Waals surface area (Å²) in [6.45, 7) is 11.1. The SMILES string of the molecule is CC1(C)CCN2CCC(C)(C)c3c2c1cc1cc(/C=C/c2ccc(/C=C(/C#N)C(=O)O)s2)c(=O)oc31. The summed E-state index contributed by atoms with van der Waals surface area (Å²) in [5.41, 5.74) is 4.09. The highest BCUT2D eigenvalue weighted by molar-refractivity contribution is 7.13. The van der Waals surface area contributed by atoms with Crippen molar-refractivity contribution in [3.63, 3.8) is 0 Å². The zero-order valence-corrected chi connectivity index (χ0v) is 21.7. The van der Waals surface area contributed by atoms with E-state index in [0.29, 0.717) is 16.0 Å².